The maximum atomic E-state index is 12.1. The van der Waals surface area contributed by atoms with E-state index >= 15 is 0 Å². The lowest BCUT2D eigenvalue weighted by Gasteiger charge is -2.22. The van der Waals surface area contributed by atoms with Gasteiger partial charge in [-0.3, -0.25) is 0 Å². The van der Waals surface area contributed by atoms with E-state index in [0.717, 1.165) is 25.9 Å². The molecule has 20 heavy (non-hydrogen) atoms. The average Bonchev–Trinajstić information content (AvgIpc) is 2.43. The smallest absolute Gasteiger partial charge is 0.240 e. The van der Waals surface area contributed by atoms with Crippen molar-refractivity contribution in [2.24, 2.45) is 0 Å². The average molecular weight is 319 g/mol. The molecule has 0 bridgehead atoms. The predicted molar refractivity (Wildman–Crippen MR) is 79.3 cm³/mol. The van der Waals surface area contributed by atoms with Crippen molar-refractivity contribution >= 4 is 27.3 Å². The molecule has 1 aliphatic rings. The van der Waals surface area contributed by atoms with E-state index < -0.39 is 10.0 Å². The predicted octanol–water partition coefficient (Wildman–Crippen LogP) is 2.16. The number of hydrogen-bond donors (Lipinski definition) is 2. The summed E-state index contributed by atoms with van der Waals surface area (Å²) in [4.78, 5) is 0.129. The molecule has 1 saturated heterocycles. The highest BCUT2D eigenvalue weighted by atomic mass is 35.5. The first-order valence-electron chi connectivity index (χ1n) is 6.65. The minimum Gasteiger partial charge on any atom is -0.397 e. The Balaban J connectivity index is 1.91. The van der Waals surface area contributed by atoms with Crippen LogP contribution in [0.25, 0.3) is 0 Å². The molecule has 1 aliphatic heterocycles. The van der Waals surface area contributed by atoms with Crippen LogP contribution in [0.1, 0.15) is 25.7 Å². The third-order valence-corrected chi connectivity index (χ3v) is 5.11. The topological polar surface area (TPSA) is 81.4 Å². The van der Waals surface area contributed by atoms with Gasteiger partial charge in [0.05, 0.1) is 21.7 Å². The molecule has 2 rings (SSSR count). The van der Waals surface area contributed by atoms with Crippen molar-refractivity contribution in [3.63, 3.8) is 0 Å². The number of rotatable bonds is 5. The zero-order valence-corrected chi connectivity index (χ0v) is 12.7. The first-order chi connectivity index (χ1) is 9.49. The maximum absolute atomic E-state index is 12.1. The second-order valence-corrected chi connectivity index (χ2v) is 7.03. The van der Waals surface area contributed by atoms with Crippen LogP contribution in [0.2, 0.25) is 5.02 Å². The van der Waals surface area contributed by atoms with Crippen LogP contribution in [0.4, 0.5) is 5.69 Å². The minimum atomic E-state index is -3.54. The van der Waals surface area contributed by atoms with Crippen LogP contribution in [0, 0.1) is 0 Å². The number of nitrogen functional groups attached to an aromatic ring is 1. The standard InChI is InChI=1S/C13H19ClN2O3S/c14-12-5-4-11(9-13(12)15)20(17,18)16-7-6-10-3-1-2-8-19-10/h4-5,9-10,16H,1-3,6-8,15H2. The molecule has 0 aliphatic carbocycles. The van der Waals surface area contributed by atoms with E-state index in [9.17, 15) is 8.42 Å². The van der Waals surface area contributed by atoms with Gasteiger partial charge in [-0.25, -0.2) is 13.1 Å². The number of anilines is 1. The van der Waals surface area contributed by atoms with E-state index in [2.05, 4.69) is 4.72 Å². The molecule has 1 aromatic carbocycles. The monoisotopic (exact) mass is 318 g/mol. The fourth-order valence-electron chi connectivity index (χ4n) is 2.16. The summed E-state index contributed by atoms with van der Waals surface area (Å²) in [6.45, 7) is 1.13. The number of ether oxygens (including phenoxy) is 1. The molecule has 112 valence electrons. The van der Waals surface area contributed by atoms with Crippen LogP contribution in [0.15, 0.2) is 23.1 Å². The van der Waals surface area contributed by atoms with Crippen LogP contribution in [0.5, 0.6) is 0 Å². The van der Waals surface area contributed by atoms with E-state index in [0.29, 0.717) is 18.0 Å². The van der Waals surface area contributed by atoms with Crippen molar-refractivity contribution in [1.29, 1.82) is 0 Å². The molecule has 0 saturated carbocycles. The first kappa shape index (κ1) is 15.6. The molecule has 5 nitrogen and oxygen atoms in total. The van der Waals surface area contributed by atoms with Crippen LogP contribution >= 0.6 is 11.6 Å². The quantitative estimate of drug-likeness (QED) is 0.815. The van der Waals surface area contributed by atoms with Gasteiger partial charge in [0.1, 0.15) is 0 Å². The molecule has 0 spiro atoms. The van der Waals surface area contributed by atoms with Crippen molar-refractivity contribution in [2.75, 3.05) is 18.9 Å². The van der Waals surface area contributed by atoms with Gasteiger partial charge in [-0.1, -0.05) is 11.6 Å². The highest BCUT2D eigenvalue weighted by Gasteiger charge is 2.17. The number of hydrogen-bond acceptors (Lipinski definition) is 4. The fourth-order valence-corrected chi connectivity index (χ4v) is 3.36. The largest absolute Gasteiger partial charge is 0.397 e. The van der Waals surface area contributed by atoms with Crippen molar-refractivity contribution < 1.29 is 13.2 Å². The molecule has 1 heterocycles. The Morgan fingerprint density at radius 1 is 1.40 bits per heavy atom. The SMILES string of the molecule is Nc1cc(S(=O)(=O)NCCC2CCCCO2)ccc1Cl. The lowest BCUT2D eigenvalue weighted by molar-refractivity contribution is 0.0123. The molecule has 0 aromatic heterocycles. The third kappa shape index (κ3) is 4.09. The summed E-state index contributed by atoms with van der Waals surface area (Å²) >= 11 is 5.78. The number of sulfonamides is 1. The van der Waals surface area contributed by atoms with Gasteiger partial charge in [-0.15, -0.1) is 0 Å². The van der Waals surface area contributed by atoms with Gasteiger partial charge < -0.3 is 10.5 Å². The van der Waals surface area contributed by atoms with Crippen molar-refractivity contribution in [1.82, 2.24) is 4.72 Å². The highest BCUT2D eigenvalue weighted by Crippen LogP contribution is 2.22. The summed E-state index contributed by atoms with van der Waals surface area (Å²) < 4.78 is 32.3. The Bertz CT molecular complexity index is 557. The molecule has 7 heteroatoms. The second kappa shape index (κ2) is 6.76. The van der Waals surface area contributed by atoms with Gasteiger partial charge in [-0.05, 0) is 43.9 Å². The van der Waals surface area contributed by atoms with Gasteiger partial charge in [0, 0.05) is 13.2 Å². The zero-order valence-electron chi connectivity index (χ0n) is 11.1. The van der Waals surface area contributed by atoms with Gasteiger partial charge in [0.2, 0.25) is 10.0 Å². The molecular weight excluding hydrogens is 300 g/mol. The summed E-state index contributed by atoms with van der Waals surface area (Å²) in [5.74, 6) is 0. The van der Waals surface area contributed by atoms with E-state index in [1.165, 1.54) is 18.2 Å². The number of nitrogens with two attached hydrogens (primary N) is 1. The van der Waals surface area contributed by atoms with Crippen LogP contribution < -0.4 is 10.5 Å². The third-order valence-electron chi connectivity index (χ3n) is 3.31. The molecule has 1 fully saturated rings. The highest BCUT2D eigenvalue weighted by molar-refractivity contribution is 7.89. The number of nitrogens with one attached hydrogen (secondary N) is 1. The second-order valence-electron chi connectivity index (χ2n) is 4.86. The number of benzene rings is 1. The Morgan fingerprint density at radius 2 is 2.20 bits per heavy atom. The molecule has 1 aromatic rings. The van der Waals surface area contributed by atoms with Crippen LogP contribution in [0.3, 0.4) is 0 Å². The molecular formula is C13H19ClN2O3S. The summed E-state index contributed by atoms with van der Waals surface area (Å²) in [5.41, 5.74) is 5.87. The summed E-state index contributed by atoms with van der Waals surface area (Å²) in [7, 11) is -3.54. The minimum absolute atomic E-state index is 0.129. The number of halogens is 1. The Kier molecular flexibility index (Phi) is 5.26. The van der Waals surface area contributed by atoms with Crippen molar-refractivity contribution in [3.05, 3.63) is 23.2 Å². The van der Waals surface area contributed by atoms with E-state index in [4.69, 9.17) is 22.1 Å². The van der Waals surface area contributed by atoms with Gasteiger partial charge in [0.25, 0.3) is 0 Å². The molecule has 1 atom stereocenters. The van der Waals surface area contributed by atoms with Gasteiger partial charge in [-0.2, -0.15) is 0 Å². The maximum Gasteiger partial charge on any atom is 0.240 e. The summed E-state index contributed by atoms with van der Waals surface area (Å²) in [6, 6.07) is 4.29. The summed E-state index contributed by atoms with van der Waals surface area (Å²) in [6.07, 6.45) is 4.07. The Hall–Kier alpha value is -0.820. The Labute approximate surface area is 124 Å². The molecule has 1 unspecified atom stereocenters. The summed E-state index contributed by atoms with van der Waals surface area (Å²) in [5, 5.41) is 0.347. The van der Waals surface area contributed by atoms with Gasteiger partial charge in [0.15, 0.2) is 0 Å². The molecule has 0 amide bonds. The van der Waals surface area contributed by atoms with E-state index in [-0.39, 0.29) is 16.7 Å². The van der Waals surface area contributed by atoms with E-state index in [1.807, 2.05) is 0 Å². The zero-order chi connectivity index (χ0) is 14.6. The normalized spacial score (nSPS) is 19.9. The first-order valence-corrected chi connectivity index (χ1v) is 8.51. The Morgan fingerprint density at radius 3 is 2.85 bits per heavy atom. The fraction of sp³-hybridized carbons (Fsp3) is 0.538. The van der Waals surface area contributed by atoms with Crippen molar-refractivity contribution in [2.45, 2.75) is 36.7 Å². The van der Waals surface area contributed by atoms with E-state index in [1.54, 1.807) is 0 Å². The van der Waals surface area contributed by atoms with Crippen LogP contribution in [-0.4, -0.2) is 27.7 Å². The lowest BCUT2D eigenvalue weighted by atomic mass is 10.1. The van der Waals surface area contributed by atoms with Crippen LogP contribution in [-0.2, 0) is 14.8 Å². The van der Waals surface area contributed by atoms with Gasteiger partial charge >= 0.3 is 0 Å². The lowest BCUT2D eigenvalue weighted by Crippen LogP contribution is -2.29. The molecule has 3 N–H and O–H groups in total. The van der Waals surface area contributed by atoms with Crippen molar-refractivity contribution in [3.8, 4) is 0 Å². The molecule has 0 radical (unpaired) electrons.